The van der Waals surface area contributed by atoms with Crippen molar-refractivity contribution in [2.75, 3.05) is 11.8 Å². The van der Waals surface area contributed by atoms with Crippen molar-refractivity contribution in [2.24, 2.45) is 7.05 Å². The molecule has 9 heteroatoms. The molecule has 1 heterocycles. The number of ether oxygens (including phenoxy) is 1. The largest absolute Gasteiger partial charge is 0.497 e. The SMILES string of the molecule is COc1ccc(C(=O)O)c(NS(=O)(=O)c2cn(C)cn2)c1. The predicted octanol–water partition coefficient (Wildman–Crippen LogP) is 0.928. The fraction of sp³-hybridized carbons (Fsp3) is 0.167. The minimum Gasteiger partial charge on any atom is -0.497 e. The van der Waals surface area contributed by atoms with Crippen molar-refractivity contribution in [2.45, 2.75) is 5.03 Å². The molecule has 0 saturated heterocycles. The quantitative estimate of drug-likeness (QED) is 0.849. The number of carboxylic acids is 1. The van der Waals surface area contributed by atoms with Crippen molar-refractivity contribution in [1.29, 1.82) is 0 Å². The van der Waals surface area contributed by atoms with Crippen LogP contribution in [0.15, 0.2) is 35.7 Å². The van der Waals surface area contributed by atoms with Gasteiger partial charge in [0.1, 0.15) is 5.75 Å². The number of hydrogen-bond acceptors (Lipinski definition) is 5. The fourth-order valence-corrected chi connectivity index (χ4v) is 2.70. The van der Waals surface area contributed by atoms with Gasteiger partial charge in [-0.1, -0.05) is 0 Å². The lowest BCUT2D eigenvalue weighted by Gasteiger charge is -2.10. The number of methoxy groups -OCH3 is 1. The Hall–Kier alpha value is -2.55. The summed E-state index contributed by atoms with van der Waals surface area (Å²) in [5.74, 6) is -0.921. The number of nitrogens with one attached hydrogen (secondary N) is 1. The maximum atomic E-state index is 12.2. The van der Waals surface area contributed by atoms with Crippen LogP contribution < -0.4 is 9.46 Å². The Balaban J connectivity index is 2.44. The number of imidazole rings is 1. The molecule has 0 fully saturated rings. The van der Waals surface area contributed by atoms with E-state index in [1.807, 2.05) is 0 Å². The van der Waals surface area contributed by atoms with Gasteiger partial charge < -0.3 is 14.4 Å². The lowest BCUT2D eigenvalue weighted by molar-refractivity contribution is 0.0698. The molecule has 0 unspecified atom stereocenters. The number of carboxylic acid groups (broad SMARTS) is 1. The summed E-state index contributed by atoms with van der Waals surface area (Å²) in [6.45, 7) is 0. The van der Waals surface area contributed by atoms with Crippen LogP contribution in [0.1, 0.15) is 10.4 Å². The molecule has 0 atom stereocenters. The van der Waals surface area contributed by atoms with Crippen molar-refractivity contribution < 1.29 is 23.1 Å². The zero-order valence-electron chi connectivity index (χ0n) is 11.3. The third-order valence-electron chi connectivity index (χ3n) is 2.66. The molecule has 0 spiro atoms. The molecule has 0 amide bonds. The van der Waals surface area contributed by atoms with Crippen molar-refractivity contribution in [1.82, 2.24) is 9.55 Å². The molecule has 21 heavy (non-hydrogen) atoms. The van der Waals surface area contributed by atoms with Crippen LogP contribution >= 0.6 is 0 Å². The number of benzene rings is 1. The fourth-order valence-electron chi connectivity index (χ4n) is 1.65. The number of rotatable bonds is 5. The molecule has 2 N–H and O–H groups in total. The smallest absolute Gasteiger partial charge is 0.337 e. The third kappa shape index (κ3) is 3.14. The summed E-state index contributed by atoms with van der Waals surface area (Å²) in [4.78, 5) is 14.9. The van der Waals surface area contributed by atoms with E-state index in [0.717, 1.165) is 0 Å². The van der Waals surface area contributed by atoms with Crippen LogP contribution in [0.25, 0.3) is 0 Å². The highest BCUT2D eigenvalue weighted by molar-refractivity contribution is 7.92. The zero-order chi connectivity index (χ0) is 15.6. The van der Waals surface area contributed by atoms with Gasteiger partial charge in [0.15, 0.2) is 5.03 Å². The highest BCUT2D eigenvalue weighted by Crippen LogP contribution is 2.25. The predicted molar refractivity (Wildman–Crippen MR) is 74.0 cm³/mol. The third-order valence-corrected chi connectivity index (χ3v) is 3.91. The van der Waals surface area contributed by atoms with E-state index in [-0.39, 0.29) is 16.3 Å². The number of carbonyl (C=O) groups is 1. The first kappa shape index (κ1) is 14.9. The first-order valence-corrected chi connectivity index (χ1v) is 7.24. The lowest BCUT2D eigenvalue weighted by atomic mass is 10.2. The molecule has 8 nitrogen and oxygen atoms in total. The highest BCUT2D eigenvalue weighted by Gasteiger charge is 2.21. The Bertz CT molecular complexity index is 782. The molecule has 112 valence electrons. The average Bonchev–Trinajstić information content (AvgIpc) is 2.85. The van der Waals surface area contributed by atoms with Gasteiger partial charge in [0.05, 0.1) is 24.7 Å². The van der Waals surface area contributed by atoms with Crippen molar-refractivity contribution in [3.05, 3.63) is 36.3 Å². The van der Waals surface area contributed by atoms with E-state index in [1.165, 1.54) is 42.4 Å². The summed E-state index contributed by atoms with van der Waals surface area (Å²) in [7, 11) is -0.953. The van der Waals surface area contributed by atoms with Gasteiger partial charge in [-0.15, -0.1) is 0 Å². The zero-order valence-corrected chi connectivity index (χ0v) is 12.1. The molecule has 2 aromatic rings. The summed E-state index contributed by atoms with van der Waals surface area (Å²) >= 11 is 0. The van der Waals surface area contributed by atoms with E-state index in [1.54, 1.807) is 7.05 Å². The van der Waals surface area contributed by atoms with E-state index in [9.17, 15) is 13.2 Å². The monoisotopic (exact) mass is 311 g/mol. The Morgan fingerprint density at radius 3 is 2.67 bits per heavy atom. The number of aromatic carboxylic acids is 1. The van der Waals surface area contributed by atoms with Crippen LogP contribution in [0, 0.1) is 0 Å². The van der Waals surface area contributed by atoms with Crippen LogP contribution in [0.5, 0.6) is 5.75 Å². The number of anilines is 1. The van der Waals surface area contributed by atoms with E-state index in [4.69, 9.17) is 9.84 Å². The average molecular weight is 311 g/mol. The summed E-state index contributed by atoms with van der Waals surface area (Å²) in [5.41, 5.74) is -0.275. The van der Waals surface area contributed by atoms with E-state index < -0.39 is 16.0 Å². The lowest BCUT2D eigenvalue weighted by Crippen LogP contribution is -2.16. The van der Waals surface area contributed by atoms with Crippen LogP contribution in [0.2, 0.25) is 0 Å². The second-order valence-electron chi connectivity index (χ2n) is 4.20. The number of nitrogens with zero attached hydrogens (tertiary/aromatic N) is 2. The van der Waals surface area contributed by atoms with Crippen molar-refractivity contribution in [3.8, 4) is 5.75 Å². The molecule has 0 aliphatic carbocycles. The number of sulfonamides is 1. The molecule has 0 aliphatic heterocycles. The Morgan fingerprint density at radius 2 is 2.14 bits per heavy atom. The van der Waals surface area contributed by atoms with Gasteiger partial charge in [0.25, 0.3) is 10.0 Å². The van der Waals surface area contributed by atoms with Gasteiger partial charge in [0, 0.05) is 19.3 Å². The van der Waals surface area contributed by atoms with Gasteiger partial charge in [-0.05, 0) is 12.1 Å². The summed E-state index contributed by atoms with van der Waals surface area (Å²) in [5, 5.41) is 8.90. The Morgan fingerprint density at radius 1 is 1.43 bits per heavy atom. The van der Waals surface area contributed by atoms with Crippen LogP contribution in [-0.2, 0) is 17.1 Å². The van der Waals surface area contributed by atoms with Crippen LogP contribution in [-0.4, -0.2) is 36.2 Å². The van der Waals surface area contributed by atoms with Gasteiger partial charge in [-0.25, -0.2) is 9.78 Å². The molecule has 0 aliphatic rings. The van der Waals surface area contributed by atoms with E-state index in [0.29, 0.717) is 5.75 Å². The highest BCUT2D eigenvalue weighted by atomic mass is 32.2. The number of hydrogen-bond donors (Lipinski definition) is 2. The molecule has 1 aromatic heterocycles. The molecule has 1 aromatic carbocycles. The molecular weight excluding hydrogens is 298 g/mol. The van der Waals surface area contributed by atoms with Crippen LogP contribution in [0.4, 0.5) is 5.69 Å². The normalized spacial score (nSPS) is 11.1. The second-order valence-corrected chi connectivity index (χ2v) is 5.83. The van der Waals surface area contributed by atoms with Gasteiger partial charge >= 0.3 is 5.97 Å². The number of aryl methyl sites for hydroxylation is 1. The first-order chi connectivity index (χ1) is 9.83. The van der Waals surface area contributed by atoms with Crippen molar-refractivity contribution in [3.63, 3.8) is 0 Å². The summed E-state index contributed by atoms with van der Waals surface area (Å²) in [6.07, 6.45) is 2.64. The van der Waals surface area contributed by atoms with Gasteiger partial charge in [-0.2, -0.15) is 8.42 Å². The Kier molecular flexibility index (Phi) is 3.85. The maximum Gasteiger partial charge on any atom is 0.337 e. The summed E-state index contributed by atoms with van der Waals surface area (Å²) in [6, 6.07) is 3.99. The minimum absolute atomic E-state index is 0.0903. The molecule has 0 saturated carbocycles. The van der Waals surface area contributed by atoms with E-state index >= 15 is 0 Å². The first-order valence-electron chi connectivity index (χ1n) is 5.75. The molecule has 2 rings (SSSR count). The van der Waals surface area contributed by atoms with Gasteiger partial charge in [0.2, 0.25) is 0 Å². The van der Waals surface area contributed by atoms with Crippen LogP contribution in [0.3, 0.4) is 0 Å². The topological polar surface area (TPSA) is 111 Å². The molecule has 0 bridgehead atoms. The van der Waals surface area contributed by atoms with Crippen molar-refractivity contribution >= 4 is 21.7 Å². The number of aromatic nitrogens is 2. The minimum atomic E-state index is -3.97. The maximum absolute atomic E-state index is 12.2. The Labute approximate surface area is 121 Å². The molecule has 0 radical (unpaired) electrons. The second kappa shape index (κ2) is 5.44. The summed E-state index contributed by atoms with van der Waals surface area (Å²) < 4.78 is 33.0. The standard InChI is InChI=1S/C12H13N3O5S/c1-15-6-11(13-7-15)21(18,19)14-10-5-8(20-2)3-4-9(10)12(16)17/h3-7,14H,1-2H3,(H,16,17). The van der Waals surface area contributed by atoms with E-state index in [2.05, 4.69) is 9.71 Å². The van der Waals surface area contributed by atoms with Gasteiger partial charge in [-0.3, -0.25) is 4.72 Å². The molecular formula is C12H13N3O5S.